The molecule has 2 aromatic carbocycles. The first-order valence-electron chi connectivity index (χ1n) is 9.22. The third kappa shape index (κ3) is 4.16. The predicted molar refractivity (Wildman–Crippen MR) is 103 cm³/mol. The number of hydrogen-bond donors (Lipinski definition) is 1. The molecule has 0 atom stereocenters. The lowest BCUT2D eigenvalue weighted by Gasteiger charge is -2.31. The molecule has 1 fully saturated rings. The van der Waals surface area contributed by atoms with Crippen LogP contribution in [0.15, 0.2) is 61.1 Å². The second-order valence-electron chi connectivity index (χ2n) is 6.64. The van der Waals surface area contributed by atoms with Crippen LogP contribution in [0.25, 0.3) is 10.8 Å². The van der Waals surface area contributed by atoms with E-state index < -0.39 is 0 Å². The summed E-state index contributed by atoms with van der Waals surface area (Å²) in [6, 6.07) is 14.4. The lowest BCUT2D eigenvalue weighted by molar-refractivity contribution is 0.107. The van der Waals surface area contributed by atoms with E-state index in [9.17, 15) is 4.79 Å². The molecule has 138 valence electrons. The molecule has 3 aromatic rings. The highest BCUT2D eigenvalue weighted by Gasteiger charge is 2.24. The highest BCUT2D eigenvalue weighted by atomic mass is 16.5. The minimum Gasteiger partial charge on any atom is -0.473 e. The molecule has 1 N–H and O–H groups in total. The maximum Gasteiger partial charge on any atom is 0.317 e. The number of rotatable bonds is 4. The lowest BCUT2D eigenvalue weighted by atomic mass is 10.0. The third-order valence-corrected chi connectivity index (χ3v) is 4.87. The van der Waals surface area contributed by atoms with Gasteiger partial charge in [0.25, 0.3) is 0 Å². The zero-order valence-corrected chi connectivity index (χ0v) is 15.0. The minimum absolute atomic E-state index is 0.0270. The van der Waals surface area contributed by atoms with Crippen LogP contribution in [0.4, 0.5) is 4.79 Å². The fourth-order valence-corrected chi connectivity index (χ4v) is 3.42. The van der Waals surface area contributed by atoms with E-state index in [2.05, 4.69) is 39.6 Å². The summed E-state index contributed by atoms with van der Waals surface area (Å²) in [5.74, 6) is 0.538. The van der Waals surface area contributed by atoms with Crippen LogP contribution >= 0.6 is 0 Å². The van der Waals surface area contributed by atoms with Gasteiger partial charge in [0, 0.05) is 44.9 Å². The Morgan fingerprint density at radius 2 is 1.93 bits per heavy atom. The topological polar surface area (TPSA) is 67.4 Å². The quantitative estimate of drug-likeness (QED) is 0.773. The van der Waals surface area contributed by atoms with Gasteiger partial charge in [0.2, 0.25) is 5.88 Å². The summed E-state index contributed by atoms with van der Waals surface area (Å²) in [7, 11) is 0. The van der Waals surface area contributed by atoms with Crippen LogP contribution in [0.2, 0.25) is 0 Å². The molecule has 0 aliphatic carbocycles. The molecule has 1 saturated heterocycles. The van der Waals surface area contributed by atoms with Crippen molar-refractivity contribution < 1.29 is 9.53 Å². The first-order valence-corrected chi connectivity index (χ1v) is 9.22. The van der Waals surface area contributed by atoms with E-state index in [1.165, 1.54) is 10.8 Å². The Morgan fingerprint density at radius 3 is 2.74 bits per heavy atom. The Balaban J connectivity index is 1.29. The zero-order chi connectivity index (χ0) is 18.5. The molecule has 2 heterocycles. The van der Waals surface area contributed by atoms with Crippen molar-refractivity contribution in [3.8, 4) is 5.88 Å². The Labute approximate surface area is 158 Å². The number of carbonyl (C=O) groups is 1. The fourth-order valence-electron chi connectivity index (χ4n) is 3.42. The van der Waals surface area contributed by atoms with Gasteiger partial charge in [-0.2, -0.15) is 0 Å². The van der Waals surface area contributed by atoms with Crippen LogP contribution < -0.4 is 10.1 Å². The van der Waals surface area contributed by atoms with Crippen molar-refractivity contribution >= 4 is 16.8 Å². The van der Waals surface area contributed by atoms with E-state index >= 15 is 0 Å². The molecule has 6 heteroatoms. The SMILES string of the molecule is O=C(NCc1cccc2ccccc12)N1CCC(Oc2cnccn2)CC1. The summed E-state index contributed by atoms with van der Waals surface area (Å²) < 4.78 is 5.83. The van der Waals surface area contributed by atoms with E-state index in [1.54, 1.807) is 18.6 Å². The van der Waals surface area contributed by atoms with Crippen LogP contribution in [0.1, 0.15) is 18.4 Å². The molecule has 0 bridgehead atoms. The molecule has 4 rings (SSSR count). The number of piperidine rings is 1. The van der Waals surface area contributed by atoms with Crippen molar-refractivity contribution in [2.24, 2.45) is 0 Å². The number of carbonyl (C=O) groups excluding carboxylic acids is 1. The predicted octanol–water partition coefficient (Wildman–Crippen LogP) is 3.38. The maximum absolute atomic E-state index is 12.5. The summed E-state index contributed by atoms with van der Waals surface area (Å²) in [6.07, 6.45) is 6.50. The number of hydrogen-bond acceptors (Lipinski definition) is 4. The van der Waals surface area contributed by atoms with Crippen LogP contribution in [-0.2, 0) is 6.54 Å². The first kappa shape index (κ1) is 17.3. The summed E-state index contributed by atoms with van der Waals surface area (Å²) in [5, 5.41) is 5.41. The summed E-state index contributed by atoms with van der Waals surface area (Å²) in [5.41, 5.74) is 1.13. The molecule has 0 spiro atoms. The van der Waals surface area contributed by atoms with Crippen molar-refractivity contribution in [3.05, 3.63) is 66.6 Å². The highest BCUT2D eigenvalue weighted by molar-refractivity contribution is 5.86. The highest BCUT2D eigenvalue weighted by Crippen LogP contribution is 2.19. The number of amides is 2. The van der Waals surface area contributed by atoms with Gasteiger partial charge in [0.1, 0.15) is 6.10 Å². The van der Waals surface area contributed by atoms with E-state index in [-0.39, 0.29) is 12.1 Å². The average Bonchev–Trinajstić information content (AvgIpc) is 2.73. The number of nitrogens with one attached hydrogen (secondary N) is 1. The molecular weight excluding hydrogens is 340 g/mol. The standard InChI is InChI=1S/C21H22N4O2/c26-21(24-14-17-6-3-5-16-4-1-2-7-19(16)17)25-12-8-18(9-13-25)27-20-15-22-10-11-23-20/h1-7,10-11,15,18H,8-9,12-14H2,(H,24,26). The van der Waals surface area contributed by atoms with Gasteiger partial charge < -0.3 is 15.0 Å². The largest absolute Gasteiger partial charge is 0.473 e. The summed E-state index contributed by atoms with van der Waals surface area (Å²) in [6.45, 7) is 1.87. The Morgan fingerprint density at radius 1 is 1.11 bits per heavy atom. The number of likely N-dealkylation sites (tertiary alicyclic amines) is 1. The summed E-state index contributed by atoms with van der Waals surface area (Å²) in [4.78, 5) is 22.5. The van der Waals surface area contributed by atoms with Gasteiger partial charge in [-0.25, -0.2) is 9.78 Å². The van der Waals surface area contributed by atoms with Crippen LogP contribution in [0.3, 0.4) is 0 Å². The monoisotopic (exact) mass is 362 g/mol. The van der Waals surface area contributed by atoms with Gasteiger partial charge in [0.15, 0.2) is 0 Å². The van der Waals surface area contributed by atoms with Crippen LogP contribution in [0, 0.1) is 0 Å². The molecular formula is C21H22N4O2. The molecule has 6 nitrogen and oxygen atoms in total. The summed E-state index contributed by atoms with van der Waals surface area (Å²) >= 11 is 0. The van der Waals surface area contributed by atoms with Crippen molar-refractivity contribution in [2.75, 3.05) is 13.1 Å². The van der Waals surface area contributed by atoms with Crippen molar-refractivity contribution in [2.45, 2.75) is 25.5 Å². The number of fused-ring (bicyclic) bond motifs is 1. The van der Waals surface area contributed by atoms with Gasteiger partial charge in [-0.3, -0.25) is 4.98 Å². The smallest absolute Gasteiger partial charge is 0.317 e. The Bertz CT molecular complexity index is 903. The number of benzene rings is 2. The molecule has 0 radical (unpaired) electrons. The van der Waals surface area contributed by atoms with Gasteiger partial charge in [-0.15, -0.1) is 0 Å². The lowest BCUT2D eigenvalue weighted by Crippen LogP contribution is -2.46. The van der Waals surface area contributed by atoms with E-state index in [0.29, 0.717) is 25.5 Å². The van der Waals surface area contributed by atoms with Crippen molar-refractivity contribution in [1.82, 2.24) is 20.2 Å². The molecule has 0 saturated carbocycles. The van der Waals surface area contributed by atoms with E-state index in [4.69, 9.17) is 4.74 Å². The molecule has 2 amide bonds. The second-order valence-corrected chi connectivity index (χ2v) is 6.64. The van der Waals surface area contributed by atoms with Crippen LogP contribution in [-0.4, -0.2) is 40.1 Å². The number of aromatic nitrogens is 2. The number of urea groups is 1. The molecule has 1 aliphatic heterocycles. The third-order valence-electron chi connectivity index (χ3n) is 4.87. The van der Waals surface area contributed by atoms with Crippen molar-refractivity contribution in [3.63, 3.8) is 0 Å². The fraction of sp³-hybridized carbons (Fsp3) is 0.286. The van der Waals surface area contributed by atoms with Gasteiger partial charge in [-0.1, -0.05) is 42.5 Å². The van der Waals surface area contributed by atoms with Gasteiger partial charge in [0.05, 0.1) is 6.20 Å². The first-order chi connectivity index (χ1) is 13.3. The number of nitrogens with zero attached hydrogens (tertiary/aromatic N) is 3. The van der Waals surface area contributed by atoms with Crippen molar-refractivity contribution in [1.29, 1.82) is 0 Å². The van der Waals surface area contributed by atoms with E-state index in [0.717, 1.165) is 18.4 Å². The minimum atomic E-state index is -0.0270. The van der Waals surface area contributed by atoms with Gasteiger partial charge in [-0.05, 0) is 16.3 Å². The molecule has 1 aromatic heterocycles. The second kappa shape index (κ2) is 8.03. The zero-order valence-electron chi connectivity index (χ0n) is 15.0. The normalized spacial score (nSPS) is 14.9. The Kier molecular flexibility index (Phi) is 5.14. The molecule has 27 heavy (non-hydrogen) atoms. The molecule has 1 aliphatic rings. The Hall–Kier alpha value is -3.15. The van der Waals surface area contributed by atoms with Crippen LogP contribution in [0.5, 0.6) is 5.88 Å². The number of ether oxygens (including phenoxy) is 1. The maximum atomic E-state index is 12.5. The average molecular weight is 362 g/mol. The van der Waals surface area contributed by atoms with E-state index in [1.807, 2.05) is 23.1 Å². The van der Waals surface area contributed by atoms with Gasteiger partial charge >= 0.3 is 6.03 Å². The molecule has 0 unspecified atom stereocenters.